The summed E-state index contributed by atoms with van der Waals surface area (Å²) in [5.41, 5.74) is 0.387. The highest BCUT2D eigenvalue weighted by molar-refractivity contribution is 5.29. The number of aliphatic hydroxyl groups excluding tert-OH is 1. The van der Waals surface area contributed by atoms with Crippen LogP contribution in [0, 0.1) is 0 Å². The van der Waals surface area contributed by atoms with E-state index < -0.39 is 23.9 Å². The van der Waals surface area contributed by atoms with E-state index in [9.17, 15) is 18.3 Å². The van der Waals surface area contributed by atoms with Crippen molar-refractivity contribution in [2.75, 3.05) is 7.11 Å². The molecule has 21 heavy (non-hydrogen) atoms. The minimum absolute atomic E-state index is 0.374. The Labute approximate surface area is 120 Å². The van der Waals surface area contributed by atoms with Crippen LogP contribution in [-0.2, 0) is 10.9 Å². The van der Waals surface area contributed by atoms with Gasteiger partial charge in [-0.2, -0.15) is 13.2 Å². The van der Waals surface area contributed by atoms with Gasteiger partial charge in [-0.05, 0) is 23.3 Å². The van der Waals surface area contributed by atoms with Gasteiger partial charge in [-0.1, -0.05) is 42.5 Å². The monoisotopic (exact) mass is 296 g/mol. The summed E-state index contributed by atoms with van der Waals surface area (Å²) in [6.45, 7) is 0. The van der Waals surface area contributed by atoms with Gasteiger partial charge in [-0.15, -0.1) is 0 Å². The second kappa shape index (κ2) is 6.28. The first kappa shape index (κ1) is 15.5. The van der Waals surface area contributed by atoms with Crippen LogP contribution in [0.2, 0.25) is 0 Å². The molecule has 0 radical (unpaired) electrons. The molecule has 0 heterocycles. The van der Waals surface area contributed by atoms with Crippen molar-refractivity contribution in [3.05, 3.63) is 71.3 Å². The molecule has 2 rings (SSSR count). The molecule has 5 heteroatoms. The third-order valence-corrected chi connectivity index (χ3v) is 3.25. The van der Waals surface area contributed by atoms with E-state index in [4.69, 9.17) is 4.74 Å². The molecule has 112 valence electrons. The molecule has 0 fully saturated rings. The smallest absolute Gasteiger partial charge is 0.385 e. The predicted octanol–water partition coefficient (Wildman–Crippen LogP) is 4.13. The van der Waals surface area contributed by atoms with Crippen LogP contribution in [0.25, 0.3) is 0 Å². The van der Waals surface area contributed by atoms with E-state index in [1.807, 2.05) is 6.07 Å². The van der Waals surface area contributed by atoms with E-state index >= 15 is 0 Å². The van der Waals surface area contributed by atoms with Gasteiger partial charge in [0.25, 0.3) is 0 Å². The van der Waals surface area contributed by atoms with Gasteiger partial charge in [0.1, 0.15) is 12.2 Å². The van der Waals surface area contributed by atoms with Crippen molar-refractivity contribution in [3.63, 3.8) is 0 Å². The van der Waals surface area contributed by atoms with Gasteiger partial charge in [-0.3, -0.25) is 0 Å². The summed E-state index contributed by atoms with van der Waals surface area (Å²) in [7, 11) is 1.45. The zero-order chi connectivity index (χ0) is 15.5. The van der Waals surface area contributed by atoms with E-state index in [-0.39, 0.29) is 0 Å². The first-order chi connectivity index (χ1) is 9.93. The predicted molar refractivity (Wildman–Crippen MR) is 72.6 cm³/mol. The van der Waals surface area contributed by atoms with Gasteiger partial charge in [0.05, 0.1) is 5.56 Å². The van der Waals surface area contributed by atoms with Crippen molar-refractivity contribution in [1.29, 1.82) is 0 Å². The van der Waals surface area contributed by atoms with E-state index in [2.05, 4.69) is 0 Å². The molecule has 0 amide bonds. The number of halogens is 3. The highest BCUT2D eigenvalue weighted by Crippen LogP contribution is 2.34. The normalized spacial score (nSPS) is 14.7. The van der Waals surface area contributed by atoms with Crippen LogP contribution in [-0.4, -0.2) is 12.2 Å². The van der Waals surface area contributed by atoms with Crippen molar-refractivity contribution in [2.45, 2.75) is 18.4 Å². The maximum absolute atomic E-state index is 12.5. The molecule has 0 saturated carbocycles. The topological polar surface area (TPSA) is 29.5 Å². The number of aliphatic hydroxyl groups is 1. The summed E-state index contributed by atoms with van der Waals surface area (Å²) in [5.74, 6) is 0. The molecule has 0 aromatic heterocycles. The molecule has 2 unspecified atom stereocenters. The fourth-order valence-corrected chi connectivity index (χ4v) is 2.13. The Morgan fingerprint density at radius 2 is 1.48 bits per heavy atom. The van der Waals surface area contributed by atoms with Crippen molar-refractivity contribution in [2.24, 2.45) is 0 Å². The molecule has 2 aromatic carbocycles. The molecule has 2 atom stereocenters. The van der Waals surface area contributed by atoms with Crippen LogP contribution in [0.1, 0.15) is 28.9 Å². The summed E-state index contributed by atoms with van der Waals surface area (Å²) in [6.07, 6.45) is -6.06. The second-order valence-corrected chi connectivity index (χ2v) is 4.63. The lowest BCUT2D eigenvalue weighted by molar-refractivity contribution is -0.137. The number of alkyl halides is 3. The Kier molecular flexibility index (Phi) is 4.65. The molecule has 0 aliphatic heterocycles. The minimum atomic E-state index is -4.39. The Bertz CT molecular complexity index is 564. The van der Waals surface area contributed by atoms with Crippen LogP contribution in [0.5, 0.6) is 0 Å². The van der Waals surface area contributed by atoms with Gasteiger partial charge < -0.3 is 9.84 Å². The first-order valence-electron chi connectivity index (χ1n) is 6.36. The van der Waals surface area contributed by atoms with Crippen molar-refractivity contribution in [3.8, 4) is 0 Å². The van der Waals surface area contributed by atoms with E-state index in [0.717, 1.165) is 17.7 Å². The van der Waals surface area contributed by atoms with Gasteiger partial charge in [-0.25, -0.2) is 0 Å². The zero-order valence-corrected chi connectivity index (χ0v) is 11.3. The van der Waals surface area contributed by atoms with Crippen molar-refractivity contribution < 1.29 is 23.0 Å². The fourth-order valence-electron chi connectivity index (χ4n) is 2.13. The Hall–Kier alpha value is -1.85. The standard InChI is InChI=1S/C16H15F3O2/c1-21-15(12-5-3-2-4-6-12)14(20)11-7-9-13(10-8-11)16(17,18)19/h2-10,14-15,20H,1H3. The second-order valence-electron chi connectivity index (χ2n) is 4.63. The maximum Gasteiger partial charge on any atom is 0.416 e. The number of hydrogen-bond donors (Lipinski definition) is 1. The minimum Gasteiger partial charge on any atom is -0.385 e. The van der Waals surface area contributed by atoms with Gasteiger partial charge >= 0.3 is 6.18 Å². The SMILES string of the molecule is COC(c1ccccc1)C(O)c1ccc(C(F)(F)F)cc1. The highest BCUT2D eigenvalue weighted by atomic mass is 19.4. The molecule has 0 saturated heterocycles. The van der Waals surface area contributed by atoms with E-state index in [0.29, 0.717) is 5.56 Å². The number of methoxy groups -OCH3 is 1. The lowest BCUT2D eigenvalue weighted by atomic mass is 9.97. The number of hydrogen-bond acceptors (Lipinski definition) is 2. The van der Waals surface area contributed by atoms with E-state index in [1.54, 1.807) is 24.3 Å². The highest BCUT2D eigenvalue weighted by Gasteiger charge is 2.31. The Morgan fingerprint density at radius 3 is 1.95 bits per heavy atom. The molecule has 0 aliphatic rings. The number of ether oxygens (including phenoxy) is 1. The summed E-state index contributed by atoms with van der Waals surface area (Å²) in [4.78, 5) is 0. The average Bonchev–Trinajstić information content (AvgIpc) is 2.48. The molecule has 2 aromatic rings. The van der Waals surface area contributed by atoms with E-state index in [1.165, 1.54) is 19.2 Å². The zero-order valence-electron chi connectivity index (χ0n) is 11.3. The molecule has 2 nitrogen and oxygen atoms in total. The summed E-state index contributed by atoms with van der Waals surface area (Å²) < 4.78 is 42.8. The summed E-state index contributed by atoms with van der Waals surface area (Å²) >= 11 is 0. The molecular formula is C16H15F3O2. The van der Waals surface area contributed by atoms with Crippen LogP contribution in [0.4, 0.5) is 13.2 Å². The van der Waals surface area contributed by atoms with Gasteiger partial charge in [0, 0.05) is 7.11 Å². The molecule has 0 aliphatic carbocycles. The lowest BCUT2D eigenvalue weighted by Gasteiger charge is -2.22. The Balaban J connectivity index is 2.24. The number of rotatable bonds is 4. The van der Waals surface area contributed by atoms with Gasteiger partial charge in [0.15, 0.2) is 0 Å². The lowest BCUT2D eigenvalue weighted by Crippen LogP contribution is -2.13. The largest absolute Gasteiger partial charge is 0.416 e. The quantitative estimate of drug-likeness (QED) is 0.919. The van der Waals surface area contributed by atoms with Crippen molar-refractivity contribution in [1.82, 2.24) is 0 Å². The third kappa shape index (κ3) is 3.62. The van der Waals surface area contributed by atoms with Gasteiger partial charge in [0.2, 0.25) is 0 Å². The number of benzene rings is 2. The third-order valence-electron chi connectivity index (χ3n) is 3.25. The molecule has 0 spiro atoms. The molecular weight excluding hydrogens is 281 g/mol. The average molecular weight is 296 g/mol. The van der Waals surface area contributed by atoms with Crippen LogP contribution < -0.4 is 0 Å². The van der Waals surface area contributed by atoms with Crippen LogP contribution in [0.15, 0.2) is 54.6 Å². The molecule has 0 bridgehead atoms. The maximum atomic E-state index is 12.5. The Morgan fingerprint density at radius 1 is 0.905 bits per heavy atom. The fraction of sp³-hybridized carbons (Fsp3) is 0.250. The summed E-state index contributed by atoms with van der Waals surface area (Å²) in [6, 6.07) is 13.5. The van der Waals surface area contributed by atoms with Crippen LogP contribution >= 0.6 is 0 Å². The van der Waals surface area contributed by atoms with Crippen molar-refractivity contribution >= 4 is 0 Å². The van der Waals surface area contributed by atoms with Crippen LogP contribution in [0.3, 0.4) is 0 Å². The summed E-state index contributed by atoms with van der Waals surface area (Å²) in [5, 5.41) is 10.3. The first-order valence-corrected chi connectivity index (χ1v) is 6.36. The molecule has 1 N–H and O–H groups in total.